The second-order valence-corrected chi connectivity index (χ2v) is 9.15. The quantitative estimate of drug-likeness (QED) is 0.784. The van der Waals surface area contributed by atoms with E-state index in [0.717, 1.165) is 75.9 Å². The van der Waals surface area contributed by atoms with Crippen LogP contribution in [0, 0.1) is 0 Å². The lowest BCUT2D eigenvalue weighted by atomic mass is 9.90. The Morgan fingerprint density at radius 1 is 1.11 bits per heavy atom. The Labute approximate surface area is 165 Å². The van der Waals surface area contributed by atoms with Crippen LogP contribution in [0.5, 0.6) is 0 Å². The van der Waals surface area contributed by atoms with Gasteiger partial charge in [0.25, 0.3) is 5.91 Å². The highest BCUT2D eigenvalue weighted by Crippen LogP contribution is 2.35. The van der Waals surface area contributed by atoms with E-state index in [9.17, 15) is 9.59 Å². The van der Waals surface area contributed by atoms with Crippen LogP contribution in [-0.2, 0) is 15.3 Å². The highest BCUT2D eigenvalue weighted by molar-refractivity contribution is 7.99. The molecule has 3 amide bonds. The number of amides is 3. The van der Waals surface area contributed by atoms with Crippen molar-refractivity contribution in [3.63, 3.8) is 0 Å². The molecule has 1 N–H and O–H groups in total. The standard InChI is InChI=1S/C21H28N2O3S/c24-19-21(10-3-1-2-4-11-21)22-20(25)23(19)17-7-5-6-16(14-17)15-27-18-8-12-26-13-9-18/h5-7,14,18H,1-4,8-13,15H2,(H,22,25). The average molecular weight is 389 g/mol. The number of imide groups is 1. The summed E-state index contributed by atoms with van der Waals surface area (Å²) in [6, 6.07) is 7.63. The van der Waals surface area contributed by atoms with Gasteiger partial charge in [0.05, 0.1) is 5.69 Å². The smallest absolute Gasteiger partial charge is 0.329 e. The average Bonchev–Trinajstić information content (AvgIpc) is 2.83. The van der Waals surface area contributed by atoms with Gasteiger partial charge in [0, 0.05) is 24.2 Å². The van der Waals surface area contributed by atoms with Gasteiger partial charge >= 0.3 is 6.03 Å². The van der Waals surface area contributed by atoms with Gasteiger partial charge in [-0.1, -0.05) is 37.8 Å². The molecular weight excluding hydrogens is 360 g/mol. The summed E-state index contributed by atoms with van der Waals surface area (Å²) in [5.74, 6) is 0.830. The van der Waals surface area contributed by atoms with Crippen molar-refractivity contribution >= 4 is 29.4 Å². The van der Waals surface area contributed by atoms with E-state index >= 15 is 0 Å². The predicted molar refractivity (Wildman–Crippen MR) is 108 cm³/mol. The zero-order valence-electron chi connectivity index (χ0n) is 15.7. The van der Waals surface area contributed by atoms with E-state index in [1.165, 1.54) is 4.90 Å². The van der Waals surface area contributed by atoms with Crippen molar-refractivity contribution in [2.24, 2.45) is 0 Å². The molecule has 4 rings (SSSR count). The first-order valence-electron chi connectivity index (χ1n) is 10.1. The van der Waals surface area contributed by atoms with E-state index in [-0.39, 0.29) is 11.9 Å². The maximum absolute atomic E-state index is 13.2. The summed E-state index contributed by atoms with van der Waals surface area (Å²) in [7, 11) is 0. The number of hydrogen-bond donors (Lipinski definition) is 1. The highest BCUT2D eigenvalue weighted by atomic mass is 32.2. The normalized spacial score (nSPS) is 23.5. The lowest BCUT2D eigenvalue weighted by Gasteiger charge is -2.24. The third kappa shape index (κ3) is 4.02. The topological polar surface area (TPSA) is 58.6 Å². The fourth-order valence-electron chi connectivity index (χ4n) is 4.37. The zero-order valence-corrected chi connectivity index (χ0v) is 16.6. The van der Waals surface area contributed by atoms with Gasteiger partial charge in [-0.05, 0) is 43.4 Å². The molecule has 0 bridgehead atoms. The number of nitrogens with one attached hydrogen (secondary N) is 1. The maximum atomic E-state index is 13.2. The Hall–Kier alpha value is -1.53. The van der Waals surface area contributed by atoms with Crippen molar-refractivity contribution in [3.05, 3.63) is 29.8 Å². The summed E-state index contributed by atoms with van der Waals surface area (Å²) in [5, 5.41) is 3.66. The van der Waals surface area contributed by atoms with Crippen LogP contribution in [0.3, 0.4) is 0 Å². The van der Waals surface area contributed by atoms with Gasteiger partial charge in [-0.3, -0.25) is 4.79 Å². The number of hydrogen-bond acceptors (Lipinski definition) is 4. The number of urea groups is 1. The molecule has 2 aliphatic heterocycles. The molecule has 1 aliphatic carbocycles. The van der Waals surface area contributed by atoms with Gasteiger partial charge in [-0.2, -0.15) is 11.8 Å². The van der Waals surface area contributed by atoms with Gasteiger partial charge in [0.15, 0.2) is 0 Å². The molecule has 1 saturated carbocycles. The zero-order chi connectivity index (χ0) is 18.7. The predicted octanol–water partition coefficient (Wildman–Crippen LogP) is 4.25. The first kappa shape index (κ1) is 18.8. The molecule has 1 aromatic carbocycles. The molecule has 2 heterocycles. The third-order valence-corrected chi connectivity index (χ3v) is 7.38. The van der Waals surface area contributed by atoms with Crippen molar-refractivity contribution in [1.29, 1.82) is 0 Å². The van der Waals surface area contributed by atoms with Gasteiger partial charge in [-0.25, -0.2) is 9.69 Å². The van der Waals surface area contributed by atoms with Crippen LogP contribution in [0.4, 0.5) is 10.5 Å². The minimum atomic E-state index is -0.680. The minimum absolute atomic E-state index is 0.0661. The van der Waals surface area contributed by atoms with Crippen molar-refractivity contribution in [3.8, 4) is 0 Å². The largest absolute Gasteiger partial charge is 0.381 e. The van der Waals surface area contributed by atoms with Gasteiger partial charge in [0.2, 0.25) is 0 Å². The van der Waals surface area contributed by atoms with E-state index in [1.54, 1.807) is 0 Å². The second kappa shape index (κ2) is 8.23. The number of thioether (sulfide) groups is 1. The Bertz CT molecular complexity index is 694. The molecule has 1 spiro atoms. The summed E-state index contributed by atoms with van der Waals surface area (Å²) in [6.07, 6.45) is 8.00. The third-order valence-electron chi connectivity index (χ3n) is 5.94. The molecule has 6 heteroatoms. The van der Waals surface area contributed by atoms with Crippen LogP contribution in [0.2, 0.25) is 0 Å². The SMILES string of the molecule is O=C1NC2(CCCCCC2)C(=O)N1c1cccc(CSC2CCOCC2)c1. The summed E-state index contributed by atoms with van der Waals surface area (Å²) in [5.41, 5.74) is 1.18. The van der Waals surface area contributed by atoms with E-state index in [4.69, 9.17) is 4.74 Å². The number of carbonyl (C=O) groups excluding carboxylic acids is 2. The molecular formula is C21H28N2O3S. The van der Waals surface area contributed by atoms with Gasteiger partial charge < -0.3 is 10.1 Å². The molecule has 1 aromatic rings. The summed E-state index contributed by atoms with van der Waals surface area (Å²) < 4.78 is 5.42. The van der Waals surface area contributed by atoms with Crippen LogP contribution >= 0.6 is 11.8 Å². The number of rotatable bonds is 4. The van der Waals surface area contributed by atoms with Crippen LogP contribution in [0.1, 0.15) is 56.9 Å². The molecule has 0 unspecified atom stereocenters. The molecule has 5 nitrogen and oxygen atoms in total. The molecule has 0 atom stereocenters. The molecule has 27 heavy (non-hydrogen) atoms. The Balaban J connectivity index is 1.47. The van der Waals surface area contributed by atoms with Crippen LogP contribution < -0.4 is 10.2 Å². The van der Waals surface area contributed by atoms with E-state index in [2.05, 4.69) is 11.4 Å². The van der Waals surface area contributed by atoms with Crippen molar-refractivity contribution < 1.29 is 14.3 Å². The number of carbonyl (C=O) groups is 2. The summed E-state index contributed by atoms with van der Waals surface area (Å²) >= 11 is 1.94. The second-order valence-electron chi connectivity index (χ2n) is 7.86. The lowest BCUT2D eigenvalue weighted by molar-refractivity contribution is -0.122. The van der Waals surface area contributed by atoms with E-state index in [0.29, 0.717) is 10.9 Å². The first-order valence-corrected chi connectivity index (χ1v) is 11.2. The monoisotopic (exact) mass is 388 g/mol. The highest BCUT2D eigenvalue weighted by Gasteiger charge is 2.51. The maximum Gasteiger partial charge on any atom is 0.329 e. The fourth-order valence-corrected chi connectivity index (χ4v) is 5.50. The molecule has 2 saturated heterocycles. The fraction of sp³-hybridized carbons (Fsp3) is 0.619. The lowest BCUT2D eigenvalue weighted by Crippen LogP contribution is -2.46. The molecule has 3 fully saturated rings. The van der Waals surface area contributed by atoms with Gasteiger partial charge in [0.1, 0.15) is 5.54 Å². The number of benzene rings is 1. The number of anilines is 1. The van der Waals surface area contributed by atoms with E-state index in [1.807, 2.05) is 30.0 Å². The minimum Gasteiger partial charge on any atom is -0.381 e. The van der Waals surface area contributed by atoms with Crippen LogP contribution in [-0.4, -0.2) is 35.9 Å². The molecule has 146 valence electrons. The molecule has 3 aliphatic rings. The van der Waals surface area contributed by atoms with Crippen LogP contribution in [0.25, 0.3) is 0 Å². The van der Waals surface area contributed by atoms with Gasteiger partial charge in [-0.15, -0.1) is 0 Å². The summed E-state index contributed by atoms with van der Waals surface area (Å²) in [6.45, 7) is 1.70. The number of nitrogens with zero attached hydrogens (tertiary/aromatic N) is 1. The Kier molecular flexibility index (Phi) is 5.74. The Morgan fingerprint density at radius 2 is 1.85 bits per heavy atom. The summed E-state index contributed by atoms with van der Waals surface area (Å²) in [4.78, 5) is 27.2. The van der Waals surface area contributed by atoms with Crippen LogP contribution in [0.15, 0.2) is 24.3 Å². The Morgan fingerprint density at radius 3 is 2.59 bits per heavy atom. The van der Waals surface area contributed by atoms with Crippen molar-refractivity contribution in [2.45, 2.75) is 67.9 Å². The van der Waals surface area contributed by atoms with E-state index < -0.39 is 5.54 Å². The van der Waals surface area contributed by atoms with Crippen molar-refractivity contribution in [2.75, 3.05) is 18.1 Å². The first-order chi connectivity index (χ1) is 13.2. The number of ether oxygens (including phenoxy) is 1. The van der Waals surface area contributed by atoms with Crippen molar-refractivity contribution in [1.82, 2.24) is 5.32 Å². The molecule has 0 aromatic heterocycles. The molecule has 0 radical (unpaired) electrons.